The zero-order valence-corrected chi connectivity index (χ0v) is 10.7. The zero-order chi connectivity index (χ0) is 11.1. The van der Waals surface area contributed by atoms with Crippen LogP contribution in [0.5, 0.6) is 0 Å². The second kappa shape index (κ2) is 8.79. The molecule has 1 unspecified atom stereocenters. The number of hydrogen-bond donors (Lipinski definition) is 2. The van der Waals surface area contributed by atoms with Gasteiger partial charge in [0.25, 0.3) is 0 Å². The molecule has 1 aliphatic rings. The minimum atomic E-state index is 0. The van der Waals surface area contributed by atoms with Gasteiger partial charge in [0.05, 0.1) is 0 Å². The Bertz CT molecular complexity index is 198. The normalized spacial score (nSPS) is 16.4. The molecule has 0 saturated heterocycles. The van der Waals surface area contributed by atoms with Gasteiger partial charge in [-0.2, -0.15) is 0 Å². The minimum absolute atomic E-state index is 0. The molecule has 0 heterocycles. The van der Waals surface area contributed by atoms with Crippen LogP contribution < -0.4 is 11.1 Å². The second-order valence-corrected chi connectivity index (χ2v) is 4.11. The number of nitrogens with two attached hydrogens (primary N) is 1. The fourth-order valence-corrected chi connectivity index (χ4v) is 1.49. The van der Waals surface area contributed by atoms with Crippen LogP contribution in [0.15, 0.2) is 0 Å². The van der Waals surface area contributed by atoms with Gasteiger partial charge in [-0.25, -0.2) is 0 Å². The highest BCUT2D eigenvalue weighted by Crippen LogP contribution is 2.31. The monoisotopic (exact) mass is 250 g/mol. The Labute approximate surface area is 104 Å². The summed E-state index contributed by atoms with van der Waals surface area (Å²) in [6.45, 7) is 3.96. The molecule has 1 aliphatic carbocycles. The molecule has 3 N–H and O–H groups in total. The Balaban J connectivity index is 0.00000225. The fraction of sp³-hybridized carbons (Fsp3) is 0.909. The van der Waals surface area contributed by atoms with Crippen molar-refractivity contribution in [3.05, 3.63) is 0 Å². The number of hydrogen-bond acceptors (Lipinski definition) is 3. The third kappa shape index (κ3) is 7.04. The molecule has 1 fully saturated rings. The summed E-state index contributed by atoms with van der Waals surface area (Å²) in [4.78, 5) is 11.3. The molecule has 16 heavy (non-hydrogen) atoms. The maximum absolute atomic E-state index is 11.3. The summed E-state index contributed by atoms with van der Waals surface area (Å²) in [5.41, 5.74) is 5.86. The van der Waals surface area contributed by atoms with Crippen molar-refractivity contribution in [2.24, 2.45) is 11.7 Å². The molecule has 0 spiro atoms. The highest BCUT2D eigenvalue weighted by Gasteiger charge is 2.28. The highest BCUT2D eigenvalue weighted by atomic mass is 35.5. The molecule has 0 aromatic heterocycles. The van der Waals surface area contributed by atoms with Gasteiger partial charge < -0.3 is 15.8 Å². The van der Waals surface area contributed by atoms with Gasteiger partial charge in [-0.15, -0.1) is 12.4 Å². The first-order valence-electron chi connectivity index (χ1n) is 5.84. The van der Waals surface area contributed by atoms with Gasteiger partial charge in [-0.3, -0.25) is 4.79 Å². The number of halogens is 1. The van der Waals surface area contributed by atoms with Crippen molar-refractivity contribution >= 4 is 18.3 Å². The number of nitrogens with one attached hydrogen (secondary N) is 1. The van der Waals surface area contributed by atoms with Crippen molar-refractivity contribution in [2.45, 2.75) is 38.6 Å². The number of amides is 1. The van der Waals surface area contributed by atoms with Crippen LogP contribution >= 0.6 is 12.4 Å². The van der Waals surface area contributed by atoms with Crippen LogP contribution in [-0.2, 0) is 9.53 Å². The van der Waals surface area contributed by atoms with Crippen LogP contribution in [0.4, 0.5) is 0 Å². The molecule has 1 rings (SSSR count). The Kier molecular flexibility index (Phi) is 8.61. The van der Waals surface area contributed by atoms with Crippen LogP contribution in [0.25, 0.3) is 0 Å². The van der Waals surface area contributed by atoms with Crippen molar-refractivity contribution in [1.82, 2.24) is 5.32 Å². The third-order valence-electron chi connectivity index (χ3n) is 2.66. The van der Waals surface area contributed by atoms with Crippen molar-refractivity contribution < 1.29 is 9.53 Å². The molecular formula is C11H23ClN2O2. The van der Waals surface area contributed by atoms with Gasteiger partial charge in [0.2, 0.25) is 5.91 Å². The molecule has 1 atom stereocenters. The average molecular weight is 251 g/mol. The van der Waals surface area contributed by atoms with E-state index in [4.69, 9.17) is 10.5 Å². The van der Waals surface area contributed by atoms with Gasteiger partial charge in [0, 0.05) is 32.2 Å². The Hall–Kier alpha value is -0.320. The molecular weight excluding hydrogens is 228 g/mol. The number of rotatable bonds is 8. The number of carbonyl (C=O) groups is 1. The van der Waals surface area contributed by atoms with Crippen LogP contribution in [0, 0.1) is 5.92 Å². The molecule has 0 aliphatic heterocycles. The van der Waals surface area contributed by atoms with E-state index in [-0.39, 0.29) is 24.4 Å². The SMILES string of the molecule is CCOCCCC(=O)NCC(N)C1CC1.Cl. The quantitative estimate of drug-likeness (QED) is 0.634. The maximum Gasteiger partial charge on any atom is 0.220 e. The van der Waals surface area contributed by atoms with E-state index in [1.807, 2.05) is 6.92 Å². The van der Waals surface area contributed by atoms with E-state index in [1.54, 1.807) is 0 Å². The summed E-state index contributed by atoms with van der Waals surface area (Å²) < 4.78 is 5.15. The van der Waals surface area contributed by atoms with E-state index in [1.165, 1.54) is 12.8 Å². The van der Waals surface area contributed by atoms with Crippen LogP contribution in [0.1, 0.15) is 32.6 Å². The lowest BCUT2D eigenvalue weighted by molar-refractivity contribution is -0.121. The van der Waals surface area contributed by atoms with Gasteiger partial charge in [-0.1, -0.05) is 0 Å². The van der Waals surface area contributed by atoms with E-state index in [0.717, 1.165) is 6.42 Å². The second-order valence-electron chi connectivity index (χ2n) is 4.11. The topological polar surface area (TPSA) is 64.3 Å². The highest BCUT2D eigenvalue weighted by molar-refractivity contribution is 5.85. The molecule has 0 aromatic carbocycles. The predicted octanol–water partition coefficient (Wildman–Crippen LogP) is 1.08. The molecule has 4 nitrogen and oxygen atoms in total. The van der Waals surface area contributed by atoms with Crippen LogP contribution in [0.3, 0.4) is 0 Å². The summed E-state index contributed by atoms with van der Waals surface area (Å²) in [5.74, 6) is 0.736. The standard InChI is InChI=1S/C11H22N2O2.ClH/c1-2-15-7-3-4-11(14)13-8-10(12)9-5-6-9;/h9-10H,2-8,12H2,1H3,(H,13,14);1H. The molecule has 0 aromatic rings. The first-order chi connectivity index (χ1) is 7.24. The van der Waals surface area contributed by atoms with Crippen molar-refractivity contribution in [3.8, 4) is 0 Å². The van der Waals surface area contributed by atoms with Gasteiger partial charge in [-0.05, 0) is 32.1 Å². The first-order valence-corrected chi connectivity index (χ1v) is 5.84. The van der Waals surface area contributed by atoms with E-state index in [0.29, 0.717) is 32.1 Å². The van der Waals surface area contributed by atoms with Crippen LogP contribution in [-0.4, -0.2) is 31.7 Å². The number of carbonyl (C=O) groups excluding carboxylic acids is 1. The smallest absolute Gasteiger partial charge is 0.220 e. The van der Waals surface area contributed by atoms with Crippen molar-refractivity contribution in [2.75, 3.05) is 19.8 Å². The summed E-state index contributed by atoms with van der Waals surface area (Å²) in [6, 6.07) is 0.154. The Morgan fingerprint density at radius 3 is 2.81 bits per heavy atom. The summed E-state index contributed by atoms with van der Waals surface area (Å²) in [6.07, 6.45) is 3.78. The zero-order valence-electron chi connectivity index (χ0n) is 9.91. The van der Waals surface area contributed by atoms with E-state index < -0.39 is 0 Å². The van der Waals surface area contributed by atoms with E-state index in [2.05, 4.69) is 5.32 Å². The Morgan fingerprint density at radius 2 is 2.25 bits per heavy atom. The van der Waals surface area contributed by atoms with Crippen molar-refractivity contribution in [1.29, 1.82) is 0 Å². The largest absolute Gasteiger partial charge is 0.382 e. The van der Waals surface area contributed by atoms with E-state index in [9.17, 15) is 4.79 Å². The maximum atomic E-state index is 11.3. The lowest BCUT2D eigenvalue weighted by Gasteiger charge is -2.11. The molecule has 0 bridgehead atoms. The van der Waals surface area contributed by atoms with Crippen LogP contribution in [0.2, 0.25) is 0 Å². The molecule has 1 saturated carbocycles. The average Bonchev–Trinajstić information content (AvgIpc) is 3.04. The summed E-state index contributed by atoms with van der Waals surface area (Å²) in [5, 5.41) is 2.86. The first kappa shape index (κ1) is 15.7. The Morgan fingerprint density at radius 1 is 1.56 bits per heavy atom. The predicted molar refractivity (Wildman–Crippen MR) is 66.7 cm³/mol. The molecule has 5 heteroatoms. The summed E-state index contributed by atoms with van der Waals surface area (Å²) in [7, 11) is 0. The molecule has 1 amide bonds. The lowest BCUT2D eigenvalue weighted by atomic mass is 10.2. The van der Waals surface area contributed by atoms with Gasteiger partial charge >= 0.3 is 0 Å². The molecule has 96 valence electrons. The minimum Gasteiger partial charge on any atom is -0.382 e. The molecule has 0 radical (unpaired) electrons. The lowest BCUT2D eigenvalue weighted by Crippen LogP contribution is -2.38. The van der Waals surface area contributed by atoms with Gasteiger partial charge in [0.15, 0.2) is 0 Å². The van der Waals surface area contributed by atoms with Crippen molar-refractivity contribution in [3.63, 3.8) is 0 Å². The van der Waals surface area contributed by atoms with E-state index >= 15 is 0 Å². The third-order valence-corrected chi connectivity index (χ3v) is 2.66. The number of ether oxygens (including phenoxy) is 1. The van der Waals surface area contributed by atoms with Gasteiger partial charge in [0.1, 0.15) is 0 Å². The fourth-order valence-electron chi connectivity index (χ4n) is 1.49. The summed E-state index contributed by atoms with van der Waals surface area (Å²) >= 11 is 0.